The number of aryl methyl sites for hydroxylation is 2. The monoisotopic (exact) mass is 269 g/mol. The van der Waals surface area contributed by atoms with Gasteiger partial charge in [-0.05, 0) is 25.8 Å². The van der Waals surface area contributed by atoms with Gasteiger partial charge in [-0.1, -0.05) is 30.3 Å². The van der Waals surface area contributed by atoms with E-state index < -0.39 is 0 Å². The highest BCUT2D eigenvalue weighted by molar-refractivity contribution is 5.77. The molecule has 3 aromatic rings. The number of fused-ring (bicyclic) bond motifs is 1. The molecule has 20 heavy (non-hydrogen) atoms. The maximum absolute atomic E-state index is 6.10. The second-order valence-corrected chi connectivity index (χ2v) is 5.26. The Morgan fingerprint density at radius 2 is 1.95 bits per heavy atom. The van der Waals surface area contributed by atoms with Crippen molar-refractivity contribution in [1.82, 2.24) is 19.3 Å². The number of imidazole rings is 1. The molecule has 0 aliphatic carbocycles. The first-order valence-corrected chi connectivity index (χ1v) is 6.79. The van der Waals surface area contributed by atoms with Gasteiger partial charge in [-0.15, -0.1) is 0 Å². The minimum absolute atomic E-state index is 0.234. The van der Waals surface area contributed by atoms with Crippen molar-refractivity contribution in [3.05, 3.63) is 41.6 Å². The lowest BCUT2D eigenvalue weighted by Crippen LogP contribution is -2.13. The molecule has 2 aromatic heterocycles. The maximum Gasteiger partial charge on any atom is 0.202 e. The first kappa shape index (κ1) is 12.7. The summed E-state index contributed by atoms with van der Waals surface area (Å²) in [6.45, 7) is 4.12. The van der Waals surface area contributed by atoms with Crippen LogP contribution in [0.2, 0.25) is 0 Å². The summed E-state index contributed by atoms with van der Waals surface area (Å²) in [5.74, 6) is 0.555. The molecular formula is C15H19N5. The molecular weight excluding hydrogens is 250 g/mol. The molecule has 1 aromatic carbocycles. The van der Waals surface area contributed by atoms with E-state index in [4.69, 9.17) is 5.73 Å². The van der Waals surface area contributed by atoms with Crippen molar-refractivity contribution >= 4 is 17.1 Å². The first-order valence-electron chi connectivity index (χ1n) is 6.79. The van der Waals surface area contributed by atoms with E-state index in [1.165, 1.54) is 5.56 Å². The number of nitrogen functional groups attached to an aromatic ring is 1. The Morgan fingerprint density at radius 3 is 2.65 bits per heavy atom. The molecule has 0 spiro atoms. The Balaban J connectivity index is 2.03. The van der Waals surface area contributed by atoms with Gasteiger partial charge in [0.15, 0.2) is 5.65 Å². The highest BCUT2D eigenvalue weighted by atomic mass is 15.4. The summed E-state index contributed by atoms with van der Waals surface area (Å²) in [5, 5.41) is 4.42. The summed E-state index contributed by atoms with van der Waals surface area (Å²) in [6.07, 6.45) is 0.917. The van der Waals surface area contributed by atoms with E-state index in [-0.39, 0.29) is 6.04 Å². The number of benzene rings is 1. The summed E-state index contributed by atoms with van der Waals surface area (Å²) in [7, 11) is 1.93. The fourth-order valence-electron chi connectivity index (χ4n) is 2.79. The fourth-order valence-corrected chi connectivity index (χ4v) is 2.79. The van der Waals surface area contributed by atoms with Crippen LogP contribution in [0.15, 0.2) is 30.3 Å². The quantitative estimate of drug-likeness (QED) is 0.794. The molecule has 1 unspecified atom stereocenters. The van der Waals surface area contributed by atoms with E-state index in [2.05, 4.69) is 45.8 Å². The molecule has 2 N–H and O–H groups in total. The van der Waals surface area contributed by atoms with Gasteiger partial charge in [-0.3, -0.25) is 9.25 Å². The molecule has 3 rings (SSSR count). The first-order chi connectivity index (χ1) is 9.58. The van der Waals surface area contributed by atoms with E-state index in [9.17, 15) is 0 Å². The zero-order chi connectivity index (χ0) is 14.3. The van der Waals surface area contributed by atoms with Gasteiger partial charge in [0.05, 0.1) is 5.69 Å². The number of rotatable bonds is 3. The summed E-state index contributed by atoms with van der Waals surface area (Å²) >= 11 is 0. The van der Waals surface area contributed by atoms with Crippen LogP contribution in [-0.2, 0) is 13.5 Å². The molecule has 0 saturated carbocycles. The molecule has 5 nitrogen and oxygen atoms in total. The maximum atomic E-state index is 6.10. The van der Waals surface area contributed by atoms with Gasteiger partial charge in [0.1, 0.15) is 5.52 Å². The minimum atomic E-state index is 0.234. The van der Waals surface area contributed by atoms with Gasteiger partial charge in [0.2, 0.25) is 5.95 Å². The van der Waals surface area contributed by atoms with E-state index in [0.29, 0.717) is 5.95 Å². The van der Waals surface area contributed by atoms with E-state index >= 15 is 0 Å². The molecule has 1 atom stereocenters. The van der Waals surface area contributed by atoms with Crippen molar-refractivity contribution in [3.8, 4) is 0 Å². The third-order valence-corrected chi connectivity index (χ3v) is 3.68. The van der Waals surface area contributed by atoms with Crippen LogP contribution in [0.5, 0.6) is 0 Å². The molecule has 0 bridgehead atoms. The lowest BCUT2D eigenvalue weighted by Gasteiger charge is -2.16. The lowest BCUT2D eigenvalue weighted by molar-refractivity contribution is 0.552. The Bertz CT molecular complexity index is 739. The summed E-state index contributed by atoms with van der Waals surface area (Å²) < 4.78 is 3.93. The Labute approximate surface area is 118 Å². The smallest absolute Gasteiger partial charge is 0.202 e. The third-order valence-electron chi connectivity index (χ3n) is 3.68. The van der Waals surface area contributed by atoms with Crippen LogP contribution >= 0.6 is 0 Å². The molecule has 5 heteroatoms. The predicted molar refractivity (Wildman–Crippen MR) is 80.5 cm³/mol. The summed E-state index contributed by atoms with van der Waals surface area (Å²) in [6, 6.07) is 10.6. The molecule has 0 aliphatic heterocycles. The molecule has 0 radical (unpaired) electrons. The average molecular weight is 269 g/mol. The van der Waals surface area contributed by atoms with Crippen LogP contribution in [0.25, 0.3) is 11.2 Å². The van der Waals surface area contributed by atoms with Crippen molar-refractivity contribution in [3.63, 3.8) is 0 Å². The summed E-state index contributed by atoms with van der Waals surface area (Å²) in [5.41, 5.74) is 10.2. The lowest BCUT2D eigenvalue weighted by atomic mass is 10.1. The zero-order valence-electron chi connectivity index (χ0n) is 12.0. The third kappa shape index (κ3) is 1.95. The molecule has 2 heterocycles. The van der Waals surface area contributed by atoms with E-state index in [1.54, 1.807) is 0 Å². The van der Waals surface area contributed by atoms with Gasteiger partial charge < -0.3 is 5.73 Å². The van der Waals surface area contributed by atoms with Gasteiger partial charge in [0.25, 0.3) is 0 Å². The van der Waals surface area contributed by atoms with Gasteiger partial charge >= 0.3 is 0 Å². The van der Waals surface area contributed by atoms with Crippen LogP contribution in [0.3, 0.4) is 0 Å². The fraction of sp³-hybridized carbons (Fsp3) is 0.333. The van der Waals surface area contributed by atoms with Gasteiger partial charge in [0, 0.05) is 13.1 Å². The Morgan fingerprint density at radius 1 is 1.25 bits per heavy atom. The van der Waals surface area contributed by atoms with Crippen molar-refractivity contribution in [2.24, 2.45) is 7.05 Å². The minimum Gasteiger partial charge on any atom is -0.369 e. The normalized spacial score (nSPS) is 12.9. The molecule has 0 aliphatic rings. The number of aromatic nitrogens is 4. The topological polar surface area (TPSA) is 61.7 Å². The SMILES string of the molecule is Cc1nn(C)c2c1nc(N)n2C(C)Cc1ccccc1. The van der Waals surface area contributed by atoms with Crippen LogP contribution in [-0.4, -0.2) is 19.3 Å². The Hall–Kier alpha value is -2.30. The number of hydrogen-bond donors (Lipinski definition) is 1. The van der Waals surface area contributed by atoms with Gasteiger partial charge in [-0.2, -0.15) is 5.10 Å². The van der Waals surface area contributed by atoms with Gasteiger partial charge in [-0.25, -0.2) is 4.98 Å². The molecule has 0 saturated heterocycles. The van der Waals surface area contributed by atoms with Crippen LogP contribution in [0.1, 0.15) is 24.2 Å². The highest BCUT2D eigenvalue weighted by Crippen LogP contribution is 2.26. The van der Waals surface area contributed by atoms with E-state index in [0.717, 1.165) is 23.3 Å². The van der Waals surface area contributed by atoms with Crippen molar-refractivity contribution < 1.29 is 0 Å². The second kappa shape index (κ2) is 4.67. The van der Waals surface area contributed by atoms with Crippen molar-refractivity contribution in [2.45, 2.75) is 26.3 Å². The second-order valence-electron chi connectivity index (χ2n) is 5.26. The Kier molecular flexibility index (Phi) is 2.97. The van der Waals surface area contributed by atoms with Crippen LogP contribution in [0, 0.1) is 6.92 Å². The number of hydrogen-bond acceptors (Lipinski definition) is 3. The molecule has 0 fully saturated rings. The van der Waals surface area contributed by atoms with Crippen LogP contribution < -0.4 is 5.73 Å². The number of nitrogens with two attached hydrogens (primary N) is 1. The summed E-state index contributed by atoms with van der Waals surface area (Å²) in [4.78, 5) is 4.45. The number of nitrogens with zero attached hydrogens (tertiary/aromatic N) is 4. The highest BCUT2D eigenvalue weighted by Gasteiger charge is 2.19. The van der Waals surface area contributed by atoms with E-state index in [1.807, 2.05) is 24.7 Å². The standard InChI is InChI=1S/C15H19N5/c1-10(9-12-7-5-4-6-8-12)20-14-13(17-15(20)16)11(2)18-19(14)3/h4-8,10H,9H2,1-3H3,(H2,16,17). The largest absolute Gasteiger partial charge is 0.369 e. The van der Waals surface area contributed by atoms with Crippen molar-refractivity contribution in [1.29, 1.82) is 0 Å². The van der Waals surface area contributed by atoms with Crippen LogP contribution in [0.4, 0.5) is 5.95 Å². The average Bonchev–Trinajstić information content (AvgIpc) is 2.89. The number of anilines is 1. The predicted octanol–water partition coefficient (Wildman–Crippen LogP) is 2.46. The van der Waals surface area contributed by atoms with Crippen molar-refractivity contribution in [2.75, 3.05) is 5.73 Å². The zero-order valence-corrected chi connectivity index (χ0v) is 12.0. The molecule has 104 valence electrons. The molecule has 0 amide bonds.